The van der Waals surface area contributed by atoms with Crippen LogP contribution in [0.2, 0.25) is 0 Å². The number of hydrogen-bond acceptors (Lipinski definition) is 6. The van der Waals surface area contributed by atoms with Crippen LogP contribution in [-0.2, 0) is 10.9 Å². The van der Waals surface area contributed by atoms with Crippen molar-refractivity contribution in [3.05, 3.63) is 46.6 Å². The Morgan fingerprint density at radius 1 is 1.32 bits per heavy atom. The number of hydrogen-bond donors (Lipinski definition) is 1. The molecule has 3 heterocycles. The molecule has 0 saturated carbocycles. The summed E-state index contributed by atoms with van der Waals surface area (Å²) in [4.78, 5) is 12.7. The highest BCUT2D eigenvalue weighted by molar-refractivity contribution is 7.13. The number of pyridine rings is 1. The van der Waals surface area contributed by atoms with Gasteiger partial charge in [-0.1, -0.05) is 19.4 Å². The lowest BCUT2D eigenvalue weighted by Gasteiger charge is -2.13. The van der Waals surface area contributed by atoms with E-state index in [1.54, 1.807) is 11.6 Å². The molecule has 3 aromatic rings. The Morgan fingerprint density at radius 3 is 2.82 bits per heavy atom. The van der Waals surface area contributed by atoms with Crippen LogP contribution in [0.1, 0.15) is 49.1 Å². The molecular weight excluding hydrogens is 391 g/mol. The maximum atomic E-state index is 13.4. The van der Waals surface area contributed by atoms with E-state index in [0.29, 0.717) is 11.6 Å². The molecule has 5 nitrogen and oxygen atoms in total. The second-order valence-electron chi connectivity index (χ2n) is 6.40. The molecule has 0 radical (unpaired) electrons. The van der Waals surface area contributed by atoms with Crippen LogP contribution < -0.4 is 0 Å². The fourth-order valence-electron chi connectivity index (χ4n) is 3.23. The third kappa shape index (κ3) is 3.19. The molecule has 28 heavy (non-hydrogen) atoms. The molecule has 1 unspecified atom stereocenters. The third-order valence-corrected chi connectivity index (χ3v) is 5.20. The van der Waals surface area contributed by atoms with Gasteiger partial charge in [0, 0.05) is 17.0 Å². The fourth-order valence-corrected chi connectivity index (χ4v) is 3.74. The van der Waals surface area contributed by atoms with Crippen LogP contribution in [0.25, 0.3) is 10.9 Å². The van der Waals surface area contributed by atoms with E-state index in [2.05, 4.69) is 15.0 Å². The van der Waals surface area contributed by atoms with E-state index in [0.717, 1.165) is 18.9 Å². The number of para-hydroxylation sites is 1. The van der Waals surface area contributed by atoms with E-state index in [-0.39, 0.29) is 33.8 Å². The molecule has 146 valence electrons. The highest BCUT2D eigenvalue weighted by Crippen LogP contribution is 2.44. The molecule has 1 aliphatic rings. The van der Waals surface area contributed by atoms with Gasteiger partial charge in [-0.2, -0.15) is 18.2 Å². The second kappa shape index (κ2) is 7.05. The van der Waals surface area contributed by atoms with Gasteiger partial charge in [-0.25, -0.2) is 9.97 Å². The zero-order chi connectivity index (χ0) is 19.9. The summed E-state index contributed by atoms with van der Waals surface area (Å²) in [6, 6.07) is 3.62. The van der Waals surface area contributed by atoms with Gasteiger partial charge < -0.3 is 9.84 Å². The minimum absolute atomic E-state index is 0.0140. The van der Waals surface area contributed by atoms with Gasteiger partial charge in [0.15, 0.2) is 0 Å². The third-order valence-electron chi connectivity index (χ3n) is 4.53. The Kier molecular flexibility index (Phi) is 4.70. The van der Waals surface area contributed by atoms with Crippen LogP contribution in [0, 0.1) is 0 Å². The molecule has 2 aromatic heterocycles. The predicted molar refractivity (Wildman–Crippen MR) is 100 cm³/mol. The summed E-state index contributed by atoms with van der Waals surface area (Å²) in [5.74, 6) is -0.171. The number of nitrogens with zero attached hydrogens (tertiary/aromatic N) is 3. The maximum Gasteiger partial charge on any atom is 0.418 e. The summed E-state index contributed by atoms with van der Waals surface area (Å²) in [6.07, 6.45) is -1.30. The van der Waals surface area contributed by atoms with Crippen LogP contribution in [0.15, 0.2) is 34.8 Å². The van der Waals surface area contributed by atoms with E-state index in [1.165, 1.54) is 23.5 Å². The van der Waals surface area contributed by atoms with Crippen LogP contribution in [-0.4, -0.2) is 21.0 Å². The van der Waals surface area contributed by atoms with Gasteiger partial charge in [0.2, 0.25) is 11.0 Å². The molecule has 0 aliphatic carbocycles. The Bertz CT molecular complexity index is 1050. The molecule has 1 atom stereocenters. The van der Waals surface area contributed by atoms with Crippen molar-refractivity contribution in [3.63, 3.8) is 0 Å². The van der Waals surface area contributed by atoms with Gasteiger partial charge in [0.1, 0.15) is 17.4 Å². The van der Waals surface area contributed by atoms with Gasteiger partial charge in [0.05, 0.1) is 16.8 Å². The van der Waals surface area contributed by atoms with E-state index in [9.17, 15) is 18.3 Å². The number of aromatic nitrogens is 2. The number of fused-ring (bicyclic) bond motifs is 2. The van der Waals surface area contributed by atoms with Crippen molar-refractivity contribution in [2.45, 2.75) is 38.5 Å². The van der Waals surface area contributed by atoms with Crippen LogP contribution in [0.5, 0.6) is 5.75 Å². The first-order valence-electron chi connectivity index (χ1n) is 8.78. The van der Waals surface area contributed by atoms with Crippen molar-refractivity contribution in [2.75, 3.05) is 0 Å². The zero-order valence-electron chi connectivity index (χ0n) is 14.8. The minimum atomic E-state index is -4.58. The number of aromatic hydroxyl groups is 1. The smallest absolute Gasteiger partial charge is 0.418 e. The average molecular weight is 407 g/mol. The number of thiazole rings is 1. The largest absolute Gasteiger partial charge is 0.506 e. The van der Waals surface area contributed by atoms with Crippen molar-refractivity contribution in [1.82, 2.24) is 9.97 Å². The Labute approximate surface area is 162 Å². The molecule has 1 aromatic carbocycles. The highest BCUT2D eigenvalue weighted by Gasteiger charge is 2.38. The van der Waals surface area contributed by atoms with Gasteiger partial charge in [-0.3, -0.25) is 0 Å². The molecule has 1 aliphatic heterocycles. The lowest BCUT2D eigenvalue weighted by atomic mass is 10.0. The van der Waals surface area contributed by atoms with E-state index >= 15 is 0 Å². The highest BCUT2D eigenvalue weighted by atomic mass is 32.1. The second-order valence-corrected chi connectivity index (χ2v) is 7.27. The number of benzene rings is 1. The number of unbranched alkanes of at least 4 members (excludes halogenated alkanes) is 1. The van der Waals surface area contributed by atoms with Crippen molar-refractivity contribution < 1.29 is 23.0 Å². The lowest BCUT2D eigenvalue weighted by Crippen LogP contribution is -2.08. The van der Waals surface area contributed by atoms with Gasteiger partial charge >= 0.3 is 6.18 Å². The molecule has 9 heteroatoms. The van der Waals surface area contributed by atoms with Crippen molar-refractivity contribution in [1.29, 1.82) is 0 Å². The van der Waals surface area contributed by atoms with Crippen LogP contribution in [0.3, 0.4) is 0 Å². The first-order chi connectivity index (χ1) is 13.4. The summed E-state index contributed by atoms with van der Waals surface area (Å²) in [5, 5.41) is 13.0. The topological polar surface area (TPSA) is 67.6 Å². The normalized spacial score (nSPS) is 17.9. The van der Waals surface area contributed by atoms with Crippen molar-refractivity contribution in [2.24, 2.45) is 4.99 Å². The number of aliphatic imine (C=N–C) groups is 1. The first kappa shape index (κ1) is 18.7. The van der Waals surface area contributed by atoms with E-state index in [4.69, 9.17) is 4.74 Å². The minimum Gasteiger partial charge on any atom is -0.506 e. The Morgan fingerprint density at radius 2 is 2.14 bits per heavy atom. The summed E-state index contributed by atoms with van der Waals surface area (Å²) in [6.45, 7) is 2.01. The average Bonchev–Trinajstić information content (AvgIpc) is 3.27. The Balaban J connectivity index is 1.95. The standard InChI is InChI=1S/C19H16F3N3O2S/c1-2-3-7-12-15-13(17(27-12)25-18-23-8-9-28-18)16(26)10-5-4-6-11(14(10)24-15)19(20,21)22/h4-6,8-9,12H,2-3,7H2,1H3,(H,24,26)/b25-17+. The van der Waals surface area contributed by atoms with Gasteiger partial charge in [0.25, 0.3) is 0 Å². The molecule has 1 N–H and O–H groups in total. The predicted octanol–water partition coefficient (Wildman–Crippen LogP) is 5.76. The quantitative estimate of drug-likeness (QED) is 0.597. The van der Waals surface area contributed by atoms with Gasteiger partial charge in [-0.15, -0.1) is 11.3 Å². The Hall–Kier alpha value is -2.68. The van der Waals surface area contributed by atoms with Crippen LogP contribution in [0.4, 0.5) is 18.3 Å². The maximum absolute atomic E-state index is 13.4. The van der Waals surface area contributed by atoms with Crippen molar-refractivity contribution >= 4 is 33.3 Å². The summed E-state index contributed by atoms with van der Waals surface area (Å²) in [7, 11) is 0. The molecule has 0 bridgehead atoms. The summed E-state index contributed by atoms with van der Waals surface area (Å²) < 4.78 is 46.2. The molecule has 4 rings (SSSR count). The fraction of sp³-hybridized carbons (Fsp3) is 0.316. The molecule has 0 saturated heterocycles. The first-order valence-corrected chi connectivity index (χ1v) is 9.66. The van der Waals surface area contributed by atoms with Crippen LogP contribution >= 0.6 is 11.3 Å². The van der Waals surface area contributed by atoms with Crippen molar-refractivity contribution in [3.8, 4) is 5.75 Å². The monoisotopic (exact) mass is 407 g/mol. The van der Waals surface area contributed by atoms with E-state index < -0.39 is 17.8 Å². The molecule has 0 spiro atoms. The summed E-state index contributed by atoms with van der Waals surface area (Å²) in [5.41, 5.74) is -0.650. The van der Waals surface area contributed by atoms with Gasteiger partial charge in [-0.05, 0) is 25.0 Å². The number of alkyl halides is 3. The lowest BCUT2D eigenvalue weighted by molar-refractivity contribution is -0.136. The SMILES string of the molecule is CCCCC1O/C(=N/c2nccs2)c2c1nc1c(C(F)(F)F)cccc1c2O. The number of ether oxygens (including phenoxy) is 1. The summed E-state index contributed by atoms with van der Waals surface area (Å²) >= 11 is 1.29. The molecule has 0 fully saturated rings. The van der Waals surface area contributed by atoms with E-state index in [1.807, 2.05) is 6.92 Å². The number of halogens is 3. The molecular formula is C19H16F3N3O2S. The molecule has 0 amide bonds. The zero-order valence-corrected chi connectivity index (χ0v) is 15.6. The number of rotatable bonds is 4.